The molecule has 0 aromatic carbocycles. The fourth-order valence-corrected chi connectivity index (χ4v) is 1.88. The highest BCUT2D eigenvalue weighted by atomic mass is 35.5. The molecule has 2 rings (SSSR count). The fourth-order valence-electron chi connectivity index (χ4n) is 1.74. The van der Waals surface area contributed by atoms with Gasteiger partial charge in [0, 0.05) is 24.9 Å². The van der Waals surface area contributed by atoms with E-state index in [1.807, 2.05) is 6.92 Å². The van der Waals surface area contributed by atoms with Crippen molar-refractivity contribution in [2.45, 2.75) is 25.3 Å². The first kappa shape index (κ1) is 11.6. The Morgan fingerprint density at radius 1 is 1.50 bits per heavy atom. The molecule has 0 bridgehead atoms. The molecule has 1 N–H and O–H groups in total. The molecule has 0 amide bonds. The summed E-state index contributed by atoms with van der Waals surface area (Å²) in [5.41, 5.74) is -0.153. The lowest BCUT2D eigenvalue weighted by Crippen LogP contribution is -2.41. The Balaban J connectivity index is 2.13. The van der Waals surface area contributed by atoms with Gasteiger partial charge in [-0.3, -0.25) is 0 Å². The van der Waals surface area contributed by atoms with E-state index in [9.17, 15) is 4.39 Å². The van der Waals surface area contributed by atoms with Gasteiger partial charge in [0.15, 0.2) is 11.6 Å². The maximum Gasteiger partial charge on any atom is 0.166 e. The zero-order valence-corrected chi connectivity index (χ0v) is 9.85. The lowest BCUT2D eigenvalue weighted by atomic mass is 9.92. The highest BCUT2D eigenvalue weighted by Crippen LogP contribution is 2.26. The molecular weight excluding hydrogens is 231 g/mol. The summed E-state index contributed by atoms with van der Waals surface area (Å²) in [6, 6.07) is 1.26. The molecule has 1 aromatic heterocycles. The monoisotopic (exact) mass is 244 g/mol. The Morgan fingerprint density at radius 2 is 2.19 bits per heavy atom. The minimum absolute atomic E-state index is 0.153. The van der Waals surface area contributed by atoms with Crippen molar-refractivity contribution in [3.63, 3.8) is 0 Å². The van der Waals surface area contributed by atoms with Crippen LogP contribution in [-0.4, -0.2) is 23.7 Å². The summed E-state index contributed by atoms with van der Waals surface area (Å²) < 4.78 is 18.8. The molecule has 0 aliphatic carbocycles. The predicted molar refractivity (Wildman–Crippen MR) is 61.3 cm³/mol. The number of nitrogens with one attached hydrogen (secondary N) is 1. The molecule has 0 unspecified atom stereocenters. The van der Waals surface area contributed by atoms with Crippen molar-refractivity contribution in [2.75, 3.05) is 18.5 Å². The van der Waals surface area contributed by atoms with Crippen LogP contribution < -0.4 is 5.32 Å². The van der Waals surface area contributed by atoms with E-state index in [4.69, 9.17) is 16.3 Å². The number of ether oxygens (including phenoxy) is 1. The molecule has 1 fully saturated rings. The minimum Gasteiger partial charge on any atom is -0.381 e. The maximum absolute atomic E-state index is 13.5. The molecule has 0 atom stereocenters. The highest BCUT2D eigenvalue weighted by Gasteiger charge is 2.28. The van der Waals surface area contributed by atoms with Crippen LogP contribution in [0.15, 0.2) is 12.3 Å². The van der Waals surface area contributed by atoms with Crippen LogP contribution in [0.1, 0.15) is 19.8 Å². The van der Waals surface area contributed by atoms with E-state index in [1.165, 1.54) is 12.3 Å². The van der Waals surface area contributed by atoms with Gasteiger partial charge in [-0.15, -0.1) is 0 Å². The van der Waals surface area contributed by atoms with Gasteiger partial charge in [0.25, 0.3) is 0 Å². The molecule has 3 nitrogen and oxygen atoms in total. The maximum atomic E-state index is 13.5. The smallest absolute Gasteiger partial charge is 0.166 e. The number of hydrogen-bond donors (Lipinski definition) is 1. The second-order valence-corrected chi connectivity index (χ2v) is 4.72. The number of rotatable bonds is 2. The summed E-state index contributed by atoms with van der Waals surface area (Å²) in [7, 11) is 0. The number of anilines is 1. The quantitative estimate of drug-likeness (QED) is 0.869. The minimum atomic E-state index is -0.416. The Bertz CT molecular complexity index is 380. The zero-order valence-electron chi connectivity index (χ0n) is 9.09. The van der Waals surface area contributed by atoms with Crippen LogP contribution in [0.25, 0.3) is 0 Å². The Kier molecular flexibility index (Phi) is 3.30. The van der Waals surface area contributed by atoms with E-state index in [0.29, 0.717) is 18.2 Å². The molecule has 16 heavy (non-hydrogen) atoms. The Morgan fingerprint density at radius 3 is 2.81 bits per heavy atom. The van der Waals surface area contributed by atoms with E-state index < -0.39 is 5.82 Å². The molecule has 2 heterocycles. The van der Waals surface area contributed by atoms with Crippen molar-refractivity contribution < 1.29 is 9.13 Å². The Hall–Kier alpha value is -0.870. The lowest BCUT2D eigenvalue weighted by molar-refractivity contribution is 0.0656. The molecular formula is C11H14ClFN2O. The van der Waals surface area contributed by atoms with E-state index in [1.54, 1.807) is 0 Å². The van der Waals surface area contributed by atoms with Gasteiger partial charge in [0.05, 0.1) is 5.02 Å². The van der Waals surface area contributed by atoms with Crippen LogP contribution in [0.4, 0.5) is 10.2 Å². The van der Waals surface area contributed by atoms with Gasteiger partial charge >= 0.3 is 0 Å². The second-order valence-electron chi connectivity index (χ2n) is 4.28. The molecule has 0 spiro atoms. The first-order valence-electron chi connectivity index (χ1n) is 5.26. The van der Waals surface area contributed by atoms with E-state index >= 15 is 0 Å². The van der Waals surface area contributed by atoms with Gasteiger partial charge in [0.1, 0.15) is 0 Å². The van der Waals surface area contributed by atoms with Gasteiger partial charge in [0.2, 0.25) is 0 Å². The molecule has 1 aliphatic heterocycles. The van der Waals surface area contributed by atoms with E-state index in [2.05, 4.69) is 10.3 Å². The van der Waals surface area contributed by atoms with Crippen LogP contribution in [-0.2, 0) is 4.74 Å². The molecule has 0 radical (unpaired) electrons. The fraction of sp³-hybridized carbons (Fsp3) is 0.545. The summed E-state index contributed by atoms with van der Waals surface area (Å²) in [4.78, 5) is 3.96. The summed E-state index contributed by atoms with van der Waals surface area (Å²) in [5.74, 6) is -0.158. The molecule has 0 saturated carbocycles. The normalized spacial score (nSPS) is 19.4. The molecule has 5 heteroatoms. The highest BCUT2D eigenvalue weighted by molar-refractivity contribution is 6.30. The number of hydrogen-bond acceptors (Lipinski definition) is 3. The SMILES string of the molecule is CC1(Nc2ncc(Cl)cc2F)CCOCC1. The van der Waals surface area contributed by atoms with Crippen LogP contribution >= 0.6 is 11.6 Å². The zero-order chi connectivity index (χ0) is 11.6. The van der Waals surface area contributed by atoms with Gasteiger partial charge in [-0.2, -0.15) is 0 Å². The van der Waals surface area contributed by atoms with Gasteiger partial charge in [-0.1, -0.05) is 11.6 Å². The average Bonchev–Trinajstić information content (AvgIpc) is 2.23. The lowest BCUT2D eigenvalue weighted by Gasteiger charge is -2.34. The Labute approximate surface area is 99.0 Å². The van der Waals surface area contributed by atoms with Crippen LogP contribution in [0.3, 0.4) is 0 Å². The van der Waals surface area contributed by atoms with Crippen molar-refractivity contribution in [2.24, 2.45) is 0 Å². The van der Waals surface area contributed by atoms with Gasteiger partial charge < -0.3 is 10.1 Å². The second kappa shape index (κ2) is 4.55. The van der Waals surface area contributed by atoms with Crippen LogP contribution in [0, 0.1) is 5.82 Å². The van der Waals surface area contributed by atoms with Crippen molar-refractivity contribution in [3.05, 3.63) is 23.1 Å². The summed E-state index contributed by atoms with van der Waals surface area (Å²) in [5, 5.41) is 3.43. The molecule has 1 aliphatic rings. The molecule has 1 saturated heterocycles. The average molecular weight is 245 g/mol. The molecule has 1 aromatic rings. The third kappa shape index (κ3) is 2.62. The van der Waals surface area contributed by atoms with E-state index in [-0.39, 0.29) is 11.4 Å². The number of nitrogens with zero attached hydrogens (tertiary/aromatic N) is 1. The van der Waals surface area contributed by atoms with Gasteiger partial charge in [-0.25, -0.2) is 9.37 Å². The first-order valence-corrected chi connectivity index (χ1v) is 5.64. The molecule has 88 valence electrons. The number of aromatic nitrogens is 1. The van der Waals surface area contributed by atoms with Gasteiger partial charge in [-0.05, 0) is 25.8 Å². The number of halogens is 2. The standard InChI is InChI=1S/C11H14ClFN2O/c1-11(2-4-16-5-3-11)15-10-9(13)6-8(12)7-14-10/h6-7H,2-5H2,1H3,(H,14,15). The van der Waals surface area contributed by atoms with Crippen LogP contribution in [0.2, 0.25) is 5.02 Å². The van der Waals surface area contributed by atoms with Crippen molar-refractivity contribution in [1.82, 2.24) is 4.98 Å². The van der Waals surface area contributed by atoms with E-state index in [0.717, 1.165) is 12.8 Å². The van der Waals surface area contributed by atoms with Crippen molar-refractivity contribution in [3.8, 4) is 0 Å². The van der Waals surface area contributed by atoms with Crippen molar-refractivity contribution in [1.29, 1.82) is 0 Å². The number of pyridine rings is 1. The van der Waals surface area contributed by atoms with Crippen molar-refractivity contribution >= 4 is 17.4 Å². The topological polar surface area (TPSA) is 34.2 Å². The summed E-state index contributed by atoms with van der Waals surface area (Å²) >= 11 is 5.64. The van der Waals surface area contributed by atoms with Crippen LogP contribution in [0.5, 0.6) is 0 Å². The predicted octanol–water partition coefficient (Wildman–Crippen LogP) is 2.86. The third-order valence-electron chi connectivity index (χ3n) is 2.82. The third-order valence-corrected chi connectivity index (χ3v) is 3.03. The summed E-state index contributed by atoms with van der Waals surface area (Å²) in [6.45, 7) is 3.43. The summed E-state index contributed by atoms with van der Waals surface area (Å²) in [6.07, 6.45) is 3.13. The first-order chi connectivity index (χ1) is 7.59. The largest absolute Gasteiger partial charge is 0.381 e.